The molecule has 1 fully saturated rings. The van der Waals surface area contributed by atoms with Crippen LogP contribution < -0.4 is 9.64 Å². The summed E-state index contributed by atoms with van der Waals surface area (Å²) in [6.45, 7) is 12.3. The van der Waals surface area contributed by atoms with E-state index < -0.39 is 0 Å². The molecule has 1 saturated heterocycles. The van der Waals surface area contributed by atoms with Crippen molar-refractivity contribution in [1.29, 1.82) is 0 Å². The van der Waals surface area contributed by atoms with Crippen LogP contribution in [0.2, 0.25) is 0 Å². The molecule has 6 nitrogen and oxygen atoms in total. The van der Waals surface area contributed by atoms with E-state index >= 15 is 0 Å². The Kier molecular flexibility index (Phi) is 5.98. The fraction of sp³-hybridized carbons (Fsp3) is 0.636. The zero-order chi connectivity index (χ0) is 20.5. The number of hydrogen-bond donors (Lipinski definition) is 0. The number of fused-ring (bicyclic) bond motifs is 1. The molecule has 0 radical (unpaired) electrons. The van der Waals surface area contributed by atoms with Gasteiger partial charge in [-0.3, -0.25) is 9.59 Å². The van der Waals surface area contributed by atoms with Crippen LogP contribution in [0.4, 0.5) is 5.69 Å². The fourth-order valence-electron chi connectivity index (χ4n) is 3.84. The van der Waals surface area contributed by atoms with Crippen LogP contribution >= 0.6 is 0 Å². The van der Waals surface area contributed by atoms with Crippen molar-refractivity contribution in [3.8, 4) is 5.75 Å². The third kappa shape index (κ3) is 4.66. The van der Waals surface area contributed by atoms with Crippen LogP contribution in [0.3, 0.4) is 0 Å². The maximum absolute atomic E-state index is 12.6. The van der Waals surface area contributed by atoms with Gasteiger partial charge in [0, 0.05) is 26.1 Å². The highest BCUT2D eigenvalue weighted by Gasteiger charge is 2.29. The monoisotopic (exact) mass is 388 g/mol. The quantitative estimate of drug-likeness (QED) is 0.795. The average Bonchev–Trinajstić information content (AvgIpc) is 2.61. The van der Waals surface area contributed by atoms with Gasteiger partial charge in [0.2, 0.25) is 5.91 Å². The van der Waals surface area contributed by atoms with Gasteiger partial charge in [0.05, 0.1) is 17.9 Å². The Balaban J connectivity index is 1.65. The van der Waals surface area contributed by atoms with Gasteiger partial charge in [-0.1, -0.05) is 26.8 Å². The molecule has 0 bridgehead atoms. The molecule has 154 valence electrons. The zero-order valence-electron chi connectivity index (χ0n) is 17.7. The van der Waals surface area contributed by atoms with E-state index in [1.54, 1.807) is 4.90 Å². The van der Waals surface area contributed by atoms with Crippen LogP contribution in [0.15, 0.2) is 18.2 Å². The van der Waals surface area contributed by atoms with E-state index in [-0.39, 0.29) is 36.0 Å². The Morgan fingerprint density at radius 3 is 2.50 bits per heavy atom. The second kappa shape index (κ2) is 8.11. The van der Waals surface area contributed by atoms with Crippen LogP contribution in [0, 0.1) is 0 Å². The van der Waals surface area contributed by atoms with Crippen molar-refractivity contribution in [2.45, 2.75) is 65.1 Å². The predicted octanol–water partition coefficient (Wildman–Crippen LogP) is 3.13. The summed E-state index contributed by atoms with van der Waals surface area (Å²) in [5, 5.41) is 0. The molecular weight excluding hydrogens is 356 g/mol. The van der Waals surface area contributed by atoms with Crippen molar-refractivity contribution < 1.29 is 19.1 Å². The van der Waals surface area contributed by atoms with E-state index in [0.29, 0.717) is 32.5 Å². The number of morpholine rings is 1. The van der Waals surface area contributed by atoms with Crippen molar-refractivity contribution >= 4 is 17.5 Å². The third-order valence-electron chi connectivity index (χ3n) is 5.31. The summed E-state index contributed by atoms with van der Waals surface area (Å²) < 4.78 is 11.3. The molecule has 2 unspecified atom stereocenters. The van der Waals surface area contributed by atoms with Crippen molar-refractivity contribution in [1.82, 2.24) is 4.90 Å². The average molecular weight is 389 g/mol. The minimum absolute atomic E-state index is 0.0130. The summed E-state index contributed by atoms with van der Waals surface area (Å²) in [6.07, 6.45) is 1.19. The Hall–Kier alpha value is -2.08. The normalized spacial score (nSPS) is 22.7. The summed E-state index contributed by atoms with van der Waals surface area (Å²) in [7, 11) is 0. The van der Waals surface area contributed by atoms with Crippen molar-refractivity contribution in [3.63, 3.8) is 0 Å². The first-order valence-electron chi connectivity index (χ1n) is 10.2. The molecule has 6 heteroatoms. The van der Waals surface area contributed by atoms with E-state index in [2.05, 4.69) is 26.8 Å². The van der Waals surface area contributed by atoms with Crippen molar-refractivity contribution in [3.05, 3.63) is 23.8 Å². The fourth-order valence-corrected chi connectivity index (χ4v) is 3.84. The van der Waals surface area contributed by atoms with Crippen LogP contribution in [-0.4, -0.2) is 55.2 Å². The third-order valence-corrected chi connectivity index (χ3v) is 5.31. The summed E-state index contributed by atoms with van der Waals surface area (Å²) in [6, 6.07) is 6.04. The molecule has 1 aromatic carbocycles. The molecule has 2 heterocycles. The number of rotatable bonds is 4. The van der Waals surface area contributed by atoms with E-state index in [1.807, 2.05) is 30.9 Å². The lowest BCUT2D eigenvalue weighted by Crippen LogP contribution is -2.48. The minimum atomic E-state index is -0.0559. The van der Waals surface area contributed by atoms with Gasteiger partial charge < -0.3 is 19.3 Å². The van der Waals surface area contributed by atoms with Crippen molar-refractivity contribution in [2.24, 2.45) is 0 Å². The molecule has 3 rings (SSSR count). The Bertz CT molecular complexity index is 731. The smallest absolute Gasteiger partial charge is 0.265 e. The number of carbonyl (C=O) groups is 2. The summed E-state index contributed by atoms with van der Waals surface area (Å²) in [5.74, 6) is 0.806. The topological polar surface area (TPSA) is 59.1 Å². The van der Waals surface area contributed by atoms with E-state index in [1.165, 1.54) is 0 Å². The first kappa shape index (κ1) is 20.6. The SMILES string of the molecule is CC1CN(C(=O)CCCN2C(=O)COc3ccc(C(C)(C)C)cc32)CC(C)O1. The molecule has 0 aromatic heterocycles. The van der Waals surface area contributed by atoms with E-state index in [0.717, 1.165) is 17.0 Å². The highest BCUT2D eigenvalue weighted by molar-refractivity contribution is 5.98. The number of ether oxygens (including phenoxy) is 2. The van der Waals surface area contributed by atoms with Crippen LogP contribution in [0.25, 0.3) is 0 Å². The Morgan fingerprint density at radius 2 is 1.86 bits per heavy atom. The second-order valence-electron chi connectivity index (χ2n) is 8.93. The lowest BCUT2D eigenvalue weighted by atomic mass is 9.86. The molecule has 2 atom stereocenters. The lowest BCUT2D eigenvalue weighted by molar-refractivity contribution is -0.143. The lowest BCUT2D eigenvalue weighted by Gasteiger charge is -2.35. The number of anilines is 1. The zero-order valence-corrected chi connectivity index (χ0v) is 17.7. The second-order valence-corrected chi connectivity index (χ2v) is 8.93. The first-order chi connectivity index (χ1) is 13.1. The number of nitrogens with zero attached hydrogens (tertiary/aromatic N) is 2. The van der Waals surface area contributed by atoms with Gasteiger partial charge in [0.15, 0.2) is 6.61 Å². The number of benzene rings is 1. The highest BCUT2D eigenvalue weighted by atomic mass is 16.5. The largest absolute Gasteiger partial charge is 0.482 e. The van der Waals surface area contributed by atoms with E-state index in [9.17, 15) is 9.59 Å². The van der Waals surface area contributed by atoms with Crippen LogP contribution in [-0.2, 0) is 19.7 Å². The molecular formula is C22H32N2O4. The van der Waals surface area contributed by atoms with Gasteiger partial charge in [0.1, 0.15) is 5.75 Å². The molecule has 2 aliphatic rings. The maximum Gasteiger partial charge on any atom is 0.265 e. The van der Waals surface area contributed by atoms with E-state index in [4.69, 9.17) is 9.47 Å². The molecule has 28 heavy (non-hydrogen) atoms. The summed E-state index contributed by atoms with van der Waals surface area (Å²) in [5.41, 5.74) is 1.95. The van der Waals surface area contributed by atoms with Gasteiger partial charge in [-0.2, -0.15) is 0 Å². The Morgan fingerprint density at radius 1 is 1.18 bits per heavy atom. The predicted molar refractivity (Wildman–Crippen MR) is 109 cm³/mol. The summed E-state index contributed by atoms with van der Waals surface area (Å²) in [4.78, 5) is 28.7. The number of hydrogen-bond acceptors (Lipinski definition) is 4. The van der Waals surface area contributed by atoms with Crippen LogP contribution in [0.1, 0.15) is 53.0 Å². The number of amides is 2. The van der Waals surface area contributed by atoms with Gasteiger partial charge in [0.25, 0.3) is 5.91 Å². The molecule has 0 spiro atoms. The molecule has 1 aromatic rings. The van der Waals surface area contributed by atoms with Gasteiger partial charge in [-0.25, -0.2) is 0 Å². The molecule has 2 amide bonds. The standard InChI is InChI=1S/C22H32N2O4/c1-15-12-23(13-16(2)28-15)20(25)7-6-10-24-18-11-17(22(3,4)5)8-9-19(18)27-14-21(24)26/h8-9,11,15-16H,6-7,10,12-14H2,1-5H3. The maximum atomic E-state index is 12.6. The van der Waals surface area contributed by atoms with Crippen LogP contribution in [0.5, 0.6) is 5.75 Å². The summed E-state index contributed by atoms with van der Waals surface area (Å²) >= 11 is 0. The first-order valence-corrected chi connectivity index (χ1v) is 10.2. The van der Waals surface area contributed by atoms with Gasteiger partial charge >= 0.3 is 0 Å². The molecule has 0 N–H and O–H groups in total. The minimum Gasteiger partial charge on any atom is -0.482 e. The number of carbonyl (C=O) groups excluding carboxylic acids is 2. The molecule has 0 aliphatic carbocycles. The van der Waals surface area contributed by atoms with Crippen molar-refractivity contribution in [2.75, 3.05) is 31.1 Å². The molecule has 2 aliphatic heterocycles. The molecule has 0 saturated carbocycles. The van der Waals surface area contributed by atoms with Gasteiger partial charge in [-0.15, -0.1) is 0 Å². The van der Waals surface area contributed by atoms with Gasteiger partial charge in [-0.05, 0) is 43.4 Å². The highest BCUT2D eigenvalue weighted by Crippen LogP contribution is 2.36. The Labute approximate surface area is 167 Å².